The van der Waals surface area contributed by atoms with Crippen molar-refractivity contribution < 1.29 is 14.3 Å². The number of esters is 1. The molecule has 1 aliphatic rings. The first-order valence-corrected chi connectivity index (χ1v) is 11.7. The number of ether oxygens (including phenoxy) is 1. The van der Waals surface area contributed by atoms with Crippen LogP contribution in [0.5, 0.6) is 0 Å². The van der Waals surface area contributed by atoms with E-state index < -0.39 is 5.97 Å². The predicted octanol–water partition coefficient (Wildman–Crippen LogP) is 4.52. The summed E-state index contributed by atoms with van der Waals surface area (Å²) in [5, 5.41) is 4.43. The minimum absolute atomic E-state index is 0.0433. The van der Waals surface area contributed by atoms with E-state index in [1.54, 1.807) is 33.8 Å². The number of anilines is 1. The number of hydrogen-bond acceptors (Lipinski definition) is 7. The van der Waals surface area contributed by atoms with Gasteiger partial charge in [-0.3, -0.25) is 4.79 Å². The molecule has 0 aliphatic carbocycles. The van der Waals surface area contributed by atoms with Gasteiger partial charge in [0.15, 0.2) is 14.9 Å². The largest absolute Gasteiger partial charge is 0.452 e. The summed E-state index contributed by atoms with van der Waals surface area (Å²) in [5.41, 5.74) is 3.16. The van der Waals surface area contributed by atoms with Gasteiger partial charge in [0, 0.05) is 11.7 Å². The number of hydrogen-bond donors (Lipinski definition) is 0. The molecule has 0 bridgehead atoms. The highest BCUT2D eigenvalue weighted by Crippen LogP contribution is 2.31. The van der Waals surface area contributed by atoms with Crippen molar-refractivity contribution in [2.24, 2.45) is 0 Å². The Balaban J connectivity index is 1.41. The molecule has 1 atom stereocenters. The van der Waals surface area contributed by atoms with Gasteiger partial charge in [0.1, 0.15) is 0 Å². The fourth-order valence-corrected chi connectivity index (χ4v) is 5.25. The molecular weight excluding hydrogens is 438 g/mol. The minimum atomic E-state index is -0.540. The third kappa shape index (κ3) is 4.05. The number of nitrogens with zero attached hydrogens (tertiary/aromatic N) is 3. The first kappa shape index (κ1) is 20.8. The second kappa shape index (κ2) is 8.71. The molecule has 0 fully saturated rings. The Bertz CT molecular complexity index is 1150. The zero-order chi connectivity index (χ0) is 21.3. The molecule has 0 saturated heterocycles. The normalized spacial score (nSPS) is 15.1. The molecule has 0 saturated carbocycles. The van der Waals surface area contributed by atoms with Gasteiger partial charge in [-0.15, -0.1) is 5.10 Å². The molecule has 2 aromatic carbocycles. The average molecular weight is 458 g/mol. The fraction of sp³-hybridized carbons (Fsp3) is 0.238. The first-order valence-electron chi connectivity index (χ1n) is 9.29. The number of fused-ring (bicyclic) bond motifs is 1. The highest BCUT2D eigenvalue weighted by Gasteiger charge is 2.31. The van der Waals surface area contributed by atoms with Crippen LogP contribution in [-0.4, -0.2) is 40.6 Å². The van der Waals surface area contributed by atoms with Gasteiger partial charge in [-0.2, -0.15) is 0 Å². The molecular formula is C21H19N3O3S3. The number of carbonyl (C=O) groups excluding carboxylic acids is 2. The van der Waals surface area contributed by atoms with E-state index in [0.29, 0.717) is 9.52 Å². The Labute approximate surface area is 187 Å². The van der Waals surface area contributed by atoms with Crippen LogP contribution in [0.2, 0.25) is 0 Å². The van der Waals surface area contributed by atoms with E-state index in [1.807, 2.05) is 37.4 Å². The van der Waals surface area contributed by atoms with E-state index in [4.69, 9.17) is 17.0 Å². The molecule has 9 heteroatoms. The van der Waals surface area contributed by atoms with Crippen LogP contribution in [0.3, 0.4) is 0 Å². The van der Waals surface area contributed by atoms with Crippen molar-refractivity contribution in [3.05, 3.63) is 63.6 Å². The molecule has 4 rings (SSSR count). The average Bonchev–Trinajstić information content (AvgIpc) is 3.30. The topological polar surface area (TPSA) is 64.4 Å². The third-order valence-corrected chi connectivity index (χ3v) is 7.06. The number of benzene rings is 2. The lowest BCUT2D eigenvalue weighted by Gasteiger charge is -2.22. The van der Waals surface area contributed by atoms with Crippen molar-refractivity contribution in [1.29, 1.82) is 0 Å². The minimum Gasteiger partial charge on any atom is -0.452 e. The van der Waals surface area contributed by atoms with Gasteiger partial charge >= 0.3 is 5.97 Å². The van der Waals surface area contributed by atoms with Gasteiger partial charge in [0.2, 0.25) is 0 Å². The van der Waals surface area contributed by atoms with Crippen molar-refractivity contribution in [3.8, 4) is 5.69 Å². The lowest BCUT2D eigenvalue weighted by Crippen LogP contribution is -2.38. The summed E-state index contributed by atoms with van der Waals surface area (Å²) in [4.78, 5) is 26.8. The summed E-state index contributed by atoms with van der Waals surface area (Å²) in [7, 11) is 0. The van der Waals surface area contributed by atoms with Crippen LogP contribution in [0.1, 0.15) is 22.8 Å². The molecule has 1 aliphatic heterocycles. The second-order valence-corrected chi connectivity index (χ2v) is 9.49. The second-order valence-electron chi connectivity index (χ2n) is 6.82. The zero-order valence-electron chi connectivity index (χ0n) is 16.4. The molecule has 154 valence electrons. The Kier molecular flexibility index (Phi) is 6.03. The summed E-state index contributed by atoms with van der Waals surface area (Å²) >= 11 is 8.30. The highest BCUT2D eigenvalue weighted by molar-refractivity contribution is 8.00. The molecule has 2 heterocycles. The van der Waals surface area contributed by atoms with E-state index >= 15 is 0 Å². The fourth-order valence-electron chi connectivity index (χ4n) is 3.47. The van der Waals surface area contributed by atoms with E-state index in [-0.39, 0.29) is 18.6 Å². The summed E-state index contributed by atoms with van der Waals surface area (Å²) < 4.78 is 8.46. The molecule has 1 aromatic heterocycles. The van der Waals surface area contributed by atoms with Gasteiger partial charge in [0.25, 0.3) is 5.91 Å². The van der Waals surface area contributed by atoms with E-state index in [1.165, 1.54) is 23.1 Å². The summed E-state index contributed by atoms with van der Waals surface area (Å²) in [6.45, 7) is 1.69. The Morgan fingerprint density at radius 3 is 2.67 bits per heavy atom. The molecule has 0 N–H and O–H groups in total. The molecule has 1 unspecified atom stereocenters. The molecule has 0 radical (unpaired) electrons. The first-order chi connectivity index (χ1) is 14.5. The van der Waals surface area contributed by atoms with Crippen LogP contribution in [0.25, 0.3) is 5.69 Å². The molecule has 0 spiro atoms. The summed E-state index contributed by atoms with van der Waals surface area (Å²) in [6.07, 6.45) is 2.74. The number of carbonyl (C=O) groups is 2. The van der Waals surface area contributed by atoms with Gasteiger partial charge in [0.05, 0.1) is 11.3 Å². The quantitative estimate of drug-likeness (QED) is 0.319. The van der Waals surface area contributed by atoms with Crippen LogP contribution in [0, 0.1) is 3.95 Å². The van der Waals surface area contributed by atoms with E-state index in [9.17, 15) is 9.59 Å². The number of aromatic nitrogens is 2. The van der Waals surface area contributed by atoms with Gasteiger partial charge in [-0.1, -0.05) is 41.3 Å². The summed E-state index contributed by atoms with van der Waals surface area (Å²) in [6, 6.07) is 14.7. The van der Waals surface area contributed by atoms with Crippen LogP contribution < -0.4 is 4.90 Å². The van der Waals surface area contributed by atoms with Gasteiger partial charge in [-0.05, 0) is 67.7 Å². The standard InChI is InChI=1S/C21H19N3O3S3/c1-13-11-15-5-3-4-6-17(15)23(13)18(25)12-27-19(26)14-7-9-16(10-8-14)24-21(28)30-20(22-24)29-2/h3-10,13H,11-12H2,1-2H3. The van der Waals surface area contributed by atoms with Crippen molar-refractivity contribution >= 4 is 52.9 Å². The van der Waals surface area contributed by atoms with E-state index in [2.05, 4.69) is 5.10 Å². The monoisotopic (exact) mass is 457 g/mol. The maximum atomic E-state index is 12.7. The highest BCUT2D eigenvalue weighted by atomic mass is 32.2. The lowest BCUT2D eigenvalue weighted by molar-refractivity contribution is -0.122. The van der Waals surface area contributed by atoms with Crippen molar-refractivity contribution in [2.45, 2.75) is 23.7 Å². The van der Waals surface area contributed by atoms with Crippen molar-refractivity contribution in [1.82, 2.24) is 9.78 Å². The SMILES string of the molecule is CSc1nn(-c2ccc(C(=O)OCC(=O)N3c4ccccc4CC3C)cc2)c(=S)s1. The lowest BCUT2D eigenvalue weighted by atomic mass is 10.1. The Hall–Kier alpha value is -2.49. The summed E-state index contributed by atoms with van der Waals surface area (Å²) in [5.74, 6) is -0.766. The maximum Gasteiger partial charge on any atom is 0.338 e. The third-order valence-electron chi connectivity index (χ3n) is 4.85. The molecule has 30 heavy (non-hydrogen) atoms. The number of thioether (sulfide) groups is 1. The smallest absolute Gasteiger partial charge is 0.338 e. The number of amides is 1. The van der Waals surface area contributed by atoms with Gasteiger partial charge < -0.3 is 9.64 Å². The van der Waals surface area contributed by atoms with Crippen LogP contribution in [-0.2, 0) is 16.0 Å². The van der Waals surface area contributed by atoms with Crippen molar-refractivity contribution in [2.75, 3.05) is 17.8 Å². The van der Waals surface area contributed by atoms with Gasteiger partial charge in [-0.25, -0.2) is 9.48 Å². The predicted molar refractivity (Wildman–Crippen MR) is 121 cm³/mol. The maximum absolute atomic E-state index is 12.7. The number of rotatable bonds is 5. The van der Waals surface area contributed by atoms with Crippen LogP contribution >= 0.6 is 35.3 Å². The number of para-hydroxylation sites is 1. The van der Waals surface area contributed by atoms with Crippen LogP contribution in [0.4, 0.5) is 5.69 Å². The Morgan fingerprint density at radius 1 is 1.23 bits per heavy atom. The van der Waals surface area contributed by atoms with E-state index in [0.717, 1.165) is 27.7 Å². The van der Waals surface area contributed by atoms with Crippen molar-refractivity contribution in [3.63, 3.8) is 0 Å². The molecule has 1 amide bonds. The van der Waals surface area contributed by atoms with Crippen LogP contribution in [0.15, 0.2) is 52.9 Å². The molecule has 3 aromatic rings. The Morgan fingerprint density at radius 2 is 1.97 bits per heavy atom. The molecule has 6 nitrogen and oxygen atoms in total. The zero-order valence-corrected chi connectivity index (χ0v) is 18.9.